The molecule has 0 saturated carbocycles. The van der Waals surface area contributed by atoms with Gasteiger partial charge in [0, 0.05) is 11.1 Å². The summed E-state index contributed by atoms with van der Waals surface area (Å²) < 4.78 is 20.6. The number of nitrogens with zero attached hydrogens (tertiary/aromatic N) is 7. The molecule has 0 unspecified atom stereocenters. The van der Waals surface area contributed by atoms with E-state index in [2.05, 4.69) is 15.1 Å². The molecule has 0 bridgehead atoms. The zero-order valence-corrected chi connectivity index (χ0v) is 12.2. The lowest BCUT2D eigenvalue weighted by molar-refractivity contribution is 0.145. The summed E-state index contributed by atoms with van der Waals surface area (Å²) in [5, 5.41) is 16.1. The maximum absolute atomic E-state index is 14.3. The van der Waals surface area contributed by atoms with Crippen molar-refractivity contribution in [2.24, 2.45) is 5.11 Å². The highest BCUT2D eigenvalue weighted by Crippen LogP contribution is 2.25. The molecule has 120 valence electrons. The molecule has 2 aromatic rings. The molecule has 1 aromatic heterocycles. The van der Waals surface area contributed by atoms with E-state index in [1.54, 1.807) is 6.07 Å². The molecule has 0 N–H and O–H groups in total. The number of anilines is 1. The Labute approximate surface area is 135 Å². The number of nitriles is 1. The number of azide groups is 1. The van der Waals surface area contributed by atoms with Gasteiger partial charge < -0.3 is 4.74 Å². The predicted octanol–water partition coefficient (Wildman–Crippen LogP) is 2.52. The monoisotopic (exact) mass is 327 g/mol. The highest BCUT2D eigenvalue weighted by Gasteiger charge is 2.32. The number of carbonyl (C=O) groups excluding carboxylic acids is 1. The fourth-order valence-corrected chi connectivity index (χ4v) is 2.32. The fraction of sp³-hybridized carbons (Fsp3) is 0.214. The Hall–Kier alpha value is -3.57. The number of benzene rings is 1. The molecule has 24 heavy (non-hydrogen) atoms. The SMILES string of the molecule is N#Cc1cnn(-c2ccc(N3C[C@H](CN=[N+]=[N-])OC3=O)cc2F)c1. The molecular weight excluding hydrogens is 317 g/mol. The van der Waals surface area contributed by atoms with E-state index in [-0.39, 0.29) is 18.8 Å². The van der Waals surface area contributed by atoms with Gasteiger partial charge in [-0.3, -0.25) is 4.90 Å². The van der Waals surface area contributed by atoms with Crippen LogP contribution in [0.4, 0.5) is 14.9 Å². The Morgan fingerprint density at radius 1 is 1.58 bits per heavy atom. The summed E-state index contributed by atoms with van der Waals surface area (Å²) in [4.78, 5) is 15.7. The largest absolute Gasteiger partial charge is 0.444 e. The van der Waals surface area contributed by atoms with E-state index in [4.69, 9.17) is 15.5 Å². The van der Waals surface area contributed by atoms with Crippen LogP contribution < -0.4 is 4.90 Å². The van der Waals surface area contributed by atoms with Crippen LogP contribution in [0.5, 0.6) is 0 Å². The Bertz CT molecular complexity index is 881. The maximum atomic E-state index is 14.3. The maximum Gasteiger partial charge on any atom is 0.414 e. The van der Waals surface area contributed by atoms with Crippen molar-refractivity contribution in [1.29, 1.82) is 5.26 Å². The van der Waals surface area contributed by atoms with Crippen molar-refractivity contribution in [3.8, 4) is 11.8 Å². The van der Waals surface area contributed by atoms with E-state index in [1.807, 2.05) is 6.07 Å². The Morgan fingerprint density at radius 3 is 3.08 bits per heavy atom. The number of halogens is 1. The molecule has 1 fully saturated rings. The van der Waals surface area contributed by atoms with Crippen LogP contribution in [-0.4, -0.2) is 35.1 Å². The van der Waals surface area contributed by atoms with Gasteiger partial charge in [0.05, 0.1) is 30.5 Å². The first-order chi connectivity index (χ1) is 11.6. The number of cyclic esters (lactones) is 1. The highest BCUT2D eigenvalue weighted by atomic mass is 19.1. The number of aromatic nitrogens is 2. The zero-order valence-electron chi connectivity index (χ0n) is 12.2. The third-order valence-corrected chi connectivity index (χ3v) is 3.42. The predicted molar refractivity (Wildman–Crippen MR) is 79.9 cm³/mol. The van der Waals surface area contributed by atoms with Gasteiger partial charge in [-0.1, -0.05) is 5.11 Å². The zero-order chi connectivity index (χ0) is 17.1. The Kier molecular flexibility index (Phi) is 4.01. The summed E-state index contributed by atoms with van der Waals surface area (Å²) in [7, 11) is 0. The molecule has 1 amide bonds. The van der Waals surface area contributed by atoms with E-state index in [9.17, 15) is 9.18 Å². The first-order valence-electron chi connectivity index (χ1n) is 6.86. The van der Waals surface area contributed by atoms with Gasteiger partial charge >= 0.3 is 6.09 Å². The van der Waals surface area contributed by atoms with Crippen molar-refractivity contribution < 1.29 is 13.9 Å². The number of hydrogen-bond acceptors (Lipinski definition) is 5. The molecule has 1 aliphatic heterocycles. The minimum absolute atomic E-state index is 0.0174. The molecule has 1 atom stereocenters. The van der Waals surface area contributed by atoms with Gasteiger partial charge in [-0.25, -0.2) is 13.9 Å². The van der Waals surface area contributed by atoms with E-state index >= 15 is 0 Å². The second-order valence-electron chi connectivity index (χ2n) is 4.95. The lowest BCUT2D eigenvalue weighted by atomic mass is 10.2. The summed E-state index contributed by atoms with van der Waals surface area (Å²) in [6.45, 7) is 0.181. The van der Waals surface area contributed by atoms with Crippen molar-refractivity contribution in [3.63, 3.8) is 0 Å². The summed E-state index contributed by atoms with van der Waals surface area (Å²) in [6.07, 6.45) is 1.52. The molecule has 1 aromatic carbocycles. The molecule has 0 aliphatic carbocycles. The Morgan fingerprint density at radius 2 is 2.42 bits per heavy atom. The quantitative estimate of drug-likeness (QED) is 0.486. The molecule has 9 nitrogen and oxygen atoms in total. The summed E-state index contributed by atoms with van der Waals surface area (Å²) in [6, 6.07) is 6.09. The molecule has 1 saturated heterocycles. The topological polar surface area (TPSA) is 120 Å². The molecule has 0 radical (unpaired) electrons. The lowest BCUT2D eigenvalue weighted by Gasteiger charge is -2.14. The van der Waals surface area contributed by atoms with Crippen molar-refractivity contribution in [3.05, 3.63) is 52.4 Å². The van der Waals surface area contributed by atoms with Crippen LogP contribution in [0, 0.1) is 17.1 Å². The van der Waals surface area contributed by atoms with E-state index in [0.717, 1.165) is 0 Å². The van der Waals surface area contributed by atoms with Gasteiger partial charge in [0.2, 0.25) is 0 Å². The average molecular weight is 327 g/mol. The highest BCUT2D eigenvalue weighted by molar-refractivity contribution is 5.89. The molecular formula is C14H10FN7O2. The van der Waals surface area contributed by atoms with Crippen LogP contribution in [0.2, 0.25) is 0 Å². The molecule has 0 spiro atoms. The lowest BCUT2D eigenvalue weighted by Crippen LogP contribution is -2.25. The third kappa shape index (κ3) is 2.84. The van der Waals surface area contributed by atoms with Crippen LogP contribution in [0.1, 0.15) is 5.56 Å². The Balaban J connectivity index is 1.83. The van der Waals surface area contributed by atoms with Crippen molar-refractivity contribution in [1.82, 2.24) is 9.78 Å². The molecule has 2 heterocycles. The second-order valence-corrected chi connectivity index (χ2v) is 4.95. The van der Waals surface area contributed by atoms with Crippen molar-refractivity contribution in [2.45, 2.75) is 6.10 Å². The average Bonchev–Trinajstić information content (AvgIpc) is 3.19. The van der Waals surface area contributed by atoms with E-state index in [1.165, 1.54) is 34.1 Å². The van der Waals surface area contributed by atoms with Crippen LogP contribution in [0.3, 0.4) is 0 Å². The van der Waals surface area contributed by atoms with Gasteiger partial charge in [0.25, 0.3) is 0 Å². The molecule has 10 heteroatoms. The number of ether oxygens (including phenoxy) is 1. The standard InChI is InChI=1S/C14H10FN7O2/c15-12-3-10(21-8-11(6-18-20-17)24-14(21)23)1-2-13(12)22-7-9(4-16)5-19-22/h1-3,5,7,11H,6,8H2/t11-/m0/s1. The van der Waals surface area contributed by atoms with Gasteiger partial charge in [-0.2, -0.15) is 10.4 Å². The summed E-state index contributed by atoms with van der Waals surface area (Å²) in [5.74, 6) is -0.605. The second kappa shape index (κ2) is 6.28. The van der Waals surface area contributed by atoms with Gasteiger partial charge in [-0.05, 0) is 23.7 Å². The van der Waals surface area contributed by atoms with Crippen molar-refractivity contribution >= 4 is 11.8 Å². The van der Waals surface area contributed by atoms with E-state index < -0.39 is 18.0 Å². The molecule has 3 rings (SSSR count). The van der Waals surface area contributed by atoms with Crippen LogP contribution in [-0.2, 0) is 4.74 Å². The van der Waals surface area contributed by atoms with Gasteiger partial charge in [-0.15, -0.1) is 0 Å². The van der Waals surface area contributed by atoms with Crippen LogP contribution in [0.25, 0.3) is 16.1 Å². The van der Waals surface area contributed by atoms with Gasteiger partial charge in [0.1, 0.15) is 17.9 Å². The summed E-state index contributed by atoms with van der Waals surface area (Å²) in [5.41, 5.74) is 9.07. The number of hydrogen-bond donors (Lipinski definition) is 0. The third-order valence-electron chi connectivity index (χ3n) is 3.42. The minimum atomic E-state index is -0.633. The van der Waals surface area contributed by atoms with Crippen molar-refractivity contribution in [2.75, 3.05) is 18.0 Å². The first kappa shape index (κ1) is 15.3. The smallest absolute Gasteiger partial charge is 0.414 e. The summed E-state index contributed by atoms with van der Waals surface area (Å²) >= 11 is 0. The van der Waals surface area contributed by atoms with Crippen LogP contribution in [0.15, 0.2) is 35.7 Å². The minimum Gasteiger partial charge on any atom is -0.444 e. The van der Waals surface area contributed by atoms with Crippen LogP contribution >= 0.6 is 0 Å². The molecule has 1 aliphatic rings. The van der Waals surface area contributed by atoms with Gasteiger partial charge in [0.15, 0.2) is 5.82 Å². The fourth-order valence-electron chi connectivity index (χ4n) is 2.32. The number of rotatable bonds is 4. The number of amides is 1. The van der Waals surface area contributed by atoms with E-state index in [0.29, 0.717) is 11.3 Å². The normalized spacial score (nSPS) is 16.4. The number of carbonyl (C=O) groups is 1. The first-order valence-corrected chi connectivity index (χ1v) is 6.86.